The van der Waals surface area contributed by atoms with Crippen molar-refractivity contribution in [1.29, 1.82) is 0 Å². The normalized spacial score (nSPS) is 23.9. The van der Waals surface area contributed by atoms with Crippen LogP contribution < -0.4 is 5.32 Å². The minimum Gasteiger partial charge on any atom is -0.396 e. The van der Waals surface area contributed by atoms with Gasteiger partial charge in [-0.1, -0.05) is 57.1 Å². The van der Waals surface area contributed by atoms with Gasteiger partial charge in [-0.05, 0) is 49.3 Å². The van der Waals surface area contributed by atoms with Gasteiger partial charge in [0.25, 0.3) is 5.91 Å². The van der Waals surface area contributed by atoms with Gasteiger partial charge in [0.1, 0.15) is 6.04 Å². The molecule has 1 saturated heterocycles. The molecule has 2 heterocycles. The van der Waals surface area contributed by atoms with E-state index in [1.807, 2.05) is 12.1 Å². The quantitative estimate of drug-likeness (QED) is 0.330. The highest BCUT2D eigenvalue weighted by atomic mass is 16.5. The van der Waals surface area contributed by atoms with Crippen LogP contribution in [-0.4, -0.2) is 47.0 Å². The Morgan fingerprint density at radius 1 is 0.882 bits per heavy atom. The number of imide groups is 1. The zero-order valence-electron chi connectivity index (χ0n) is 20.1. The number of carbonyl (C=O) groups excluding carboxylic acids is 3. The number of amides is 3. The molecular weight excluding hydrogens is 432 g/mol. The zero-order chi connectivity index (χ0) is 23.9. The van der Waals surface area contributed by atoms with Crippen molar-refractivity contribution in [2.45, 2.75) is 102 Å². The minimum absolute atomic E-state index is 0.00719. The lowest BCUT2D eigenvalue weighted by Gasteiger charge is -2.37. The third kappa shape index (κ3) is 5.52. The molecule has 186 valence electrons. The van der Waals surface area contributed by atoms with Crippen LogP contribution in [0.3, 0.4) is 0 Å². The molecule has 0 radical (unpaired) electrons. The van der Waals surface area contributed by atoms with Gasteiger partial charge in [0.15, 0.2) is 0 Å². The van der Waals surface area contributed by atoms with Crippen LogP contribution in [-0.2, 0) is 14.3 Å². The van der Waals surface area contributed by atoms with E-state index < -0.39 is 6.04 Å². The number of nitrogens with one attached hydrogen (secondary N) is 1. The molecule has 1 aromatic rings. The molecule has 2 N–H and O–H groups in total. The fourth-order valence-electron chi connectivity index (χ4n) is 5.75. The Hall–Kier alpha value is -2.25. The maximum Gasteiger partial charge on any atom is 0.255 e. The second-order valence-electron chi connectivity index (χ2n) is 9.85. The molecule has 0 bridgehead atoms. The number of unbranched alkanes of at least 4 members (excludes halogenated alkanes) is 8. The lowest BCUT2D eigenvalue weighted by molar-refractivity contribution is -0.137. The first-order valence-corrected chi connectivity index (χ1v) is 13.1. The molecule has 1 aromatic carbocycles. The number of aliphatic hydroxyl groups excluding tert-OH is 1. The van der Waals surface area contributed by atoms with E-state index in [0.29, 0.717) is 18.6 Å². The Bertz CT molecular complexity index is 886. The molecule has 4 rings (SSSR count). The number of nitrogens with zero attached hydrogens (tertiary/aromatic N) is 1. The van der Waals surface area contributed by atoms with Crippen molar-refractivity contribution in [3.8, 4) is 0 Å². The molecule has 3 amide bonds. The fourth-order valence-corrected chi connectivity index (χ4v) is 5.75. The number of aliphatic hydroxyl groups is 1. The van der Waals surface area contributed by atoms with E-state index in [9.17, 15) is 14.4 Å². The average molecular weight is 471 g/mol. The van der Waals surface area contributed by atoms with E-state index >= 15 is 0 Å². The molecule has 3 aliphatic rings. The molecule has 2 aliphatic heterocycles. The Morgan fingerprint density at radius 2 is 1.59 bits per heavy atom. The summed E-state index contributed by atoms with van der Waals surface area (Å²) in [5, 5.41) is 11.2. The lowest BCUT2D eigenvalue weighted by Crippen LogP contribution is -2.53. The van der Waals surface area contributed by atoms with Crippen LogP contribution in [0, 0.1) is 0 Å². The van der Waals surface area contributed by atoms with Gasteiger partial charge < -0.3 is 14.7 Å². The molecule has 0 saturated carbocycles. The predicted octanol–water partition coefficient (Wildman–Crippen LogP) is 4.34. The Morgan fingerprint density at radius 3 is 2.29 bits per heavy atom. The van der Waals surface area contributed by atoms with Crippen LogP contribution in [0.15, 0.2) is 18.2 Å². The first-order chi connectivity index (χ1) is 16.6. The molecule has 0 spiro atoms. The highest BCUT2D eigenvalue weighted by Gasteiger charge is 2.47. The summed E-state index contributed by atoms with van der Waals surface area (Å²) in [4.78, 5) is 39.0. The van der Waals surface area contributed by atoms with Crippen LogP contribution >= 0.6 is 0 Å². The van der Waals surface area contributed by atoms with Crippen molar-refractivity contribution < 1.29 is 24.2 Å². The van der Waals surface area contributed by atoms with Gasteiger partial charge >= 0.3 is 0 Å². The SMILES string of the molecule is O=C1CCC(N2C(=O)c3cccc4c3C2CCC4OCCCCCCCCCCCO)C(=O)N1. The summed E-state index contributed by atoms with van der Waals surface area (Å²) in [6, 6.07) is 5.14. The third-order valence-electron chi connectivity index (χ3n) is 7.49. The van der Waals surface area contributed by atoms with Crippen LogP contribution in [0.25, 0.3) is 0 Å². The maximum atomic E-state index is 13.2. The summed E-state index contributed by atoms with van der Waals surface area (Å²) < 4.78 is 6.29. The first kappa shape index (κ1) is 24.9. The Balaban J connectivity index is 1.27. The molecule has 7 heteroatoms. The monoisotopic (exact) mass is 470 g/mol. The van der Waals surface area contributed by atoms with Crippen LogP contribution in [0.5, 0.6) is 0 Å². The van der Waals surface area contributed by atoms with Gasteiger partial charge in [-0.3, -0.25) is 19.7 Å². The summed E-state index contributed by atoms with van der Waals surface area (Å²) in [5.41, 5.74) is 2.79. The van der Waals surface area contributed by atoms with E-state index in [1.54, 1.807) is 4.90 Å². The largest absolute Gasteiger partial charge is 0.396 e. The molecule has 3 unspecified atom stereocenters. The number of rotatable bonds is 13. The van der Waals surface area contributed by atoms with Crippen molar-refractivity contribution in [3.63, 3.8) is 0 Å². The van der Waals surface area contributed by atoms with Gasteiger partial charge in [-0.2, -0.15) is 0 Å². The van der Waals surface area contributed by atoms with Gasteiger partial charge in [0.2, 0.25) is 11.8 Å². The van der Waals surface area contributed by atoms with E-state index in [1.165, 1.54) is 38.5 Å². The molecule has 1 aliphatic carbocycles. The van der Waals surface area contributed by atoms with Gasteiger partial charge in [0, 0.05) is 25.2 Å². The average Bonchev–Trinajstić information content (AvgIpc) is 3.12. The lowest BCUT2D eigenvalue weighted by atomic mass is 9.84. The smallest absolute Gasteiger partial charge is 0.255 e. The molecule has 1 fully saturated rings. The van der Waals surface area contributed by atoms with Gasteiger partial charge in [0.05, 0.1) is 12.1 Å². The van der Waals surface area contributed by atoms with E-state index in [4.69, 9.17) is 9.84 Å². The van der Waals surface area contributed by atoms with Crippen molar-refractivity contribution >= 4 is 17.7 Å². The highest BCUT2D eigenvalue weighted by Crippen LogP contribution is 2.48. The summed E-state index contributed by atoms with van der Waals surface area (Å²) in [7, 11) is 0. The number of carbonyl (C=O) groups is 3. The standard InChI is InChI=1S/C27H38N2O5/c30-17-8-6-4-2-1-3-5-7-9-18-34-23-15-13-21-25-19(23)11-10-12-20(25)27(33)29(21)22-14-16-24(31)28-26(22)32/h10-12,21-23,30H,1-9,13-18H2,(H,28,31,32). The Labute approximate surface area is 202 Å². The van der Waals surface area contributed by atoms with E-state index in [2.05, 4.69) is 11.4 Å². The Kier molecular flexibility index (Phi) is 8.73. The van der Waals surface area contributed by atoms with E-state index in [-0.39, 0.29) is 36.3 Å². The summed E-state index contributed by atoms with van der Waals surface area (Å²) in [6.07, 6.45) is 12.7. The molecule has 7 nitrogen and oxygen atoms in total. The molecule has 3 atom stereocenters. The van der Waals surface area contributed by atoms with Crippen molar-refractivity contribution in [2.24, 2.45) is 0 Å². The number of benzene rings is 1. The predicted molar refractivity (Wildman–Crippen MR) is 128 cm³/mol. The van der Waals surface area contributed by atoms with Crippen molar-refractivity contribution in [3.05, 3.63) is 34.9 Å². The second kappa shape index (κ2) is 11.9. The molecular formula is C27H38N2O5. The fraction of sp³-hybridized carbons (Fsp3) is 0.667. The second-order valence-corrected chi connectivity index (χ2v) is 9.85. The summed E-state index contributed by atoms with van der Waals surface area (Å²) in [5.74, 6) is -0.725. The summed E-state index contributed by atoms with van der Waals surface area (Å²) >= 11 is 0. The number of ether oxygens (including phenoxy) is 1. The van der Waals surface area contributed by atoms with Gasteiger partial charge in [-0.25, -0.2) is 0 Å². The first-order valence-electron chi connectivity index (χ1n) is 13.1. The van der Waals surface area contributed by atoms with Crippen molar-refractivity contribution in [1.82, 2.24) is 10.2 Å². The number of hydrogen-bond donors (Lipinski definition) is 2. The third-order valence-corrected chi connectivity index (χ3v) is 7.49. The molecule has 34 heavy (non-hydrogen) atoms. The minimum atomic E-state index is -0.581. The van der Waals surface area contributed by atoms with Crippen LogP contribution in [0.2, 0.25) is 0 Å². The van der Waals surface area contributed by atoms with Gasteiger partial charge in [-0.15, -0.1) is 0 Å². The van der Waals surface area contributed by atoms with Crippen LogP contribution in [0.1, 0.15) is 117 Å². The molecule has 0 aromatic heterocycles. The highest BCUT2D eigenvalue weighted by molar-refractivity contribution is 6.06. The topological polar surface area (TPSA) is 95.9 Å². The number of piperidine rings is 1. The number of hydrogen-bond acceptors (Lipinski definition) is 5. The van der Waals surface area contributed by atoms with Crippen LogP contribution in [0.4, 0.5) is 0 Å². The summed E-state index contributed by atoms with van der Waals surface area (Å²) in [6.45, 7) is 1.03. The maximum absolute atomic E-state index is 13.2. The van der Waals surface area contributed by atoms with E-state index in [0.717, 1.165) is 49.8 Å². The van der Waals surface area contributed by atoms with Crippen molar-refractivity contribution in [2.75, 3.05) is 13.2 Å². The zero-order valence-corrected chi connectivity index (χ0v) is 20.1.